The second-order valence-electron chi connectivity index (χ2n) is 4.96. The molecule has 2 heteroatoms. The number of aryl methyl sites for hydroxylation is 2. The van der Waals surface area contributed by atoms with E-state index in [1.165, 1.54) is 11.1 Å². The average molecular weight is 234 g/mol. The highest BCUT2D eigenvalue weighted by molar-refractivity contribution is 5.85. The third-order valence-electron chi connectivity index (χ3n) is 3.13. The summed E-state index contributed by atoms with van der Waals surface area (Å²) in [6, 6.07) is 6.17. The third kappa shape index (κ3) is 3.67. The Morgan fingerprint density at radius 3 is 2.35 bits per heavy atom. The van der Waals surface area contributed by atoms with Crippen LogP contribution in [0.25, 0.3) is 0 Å². The van der Waals surface area contributed by atoms with Crippen LogP contribution in [0.15, 0.2) is 18.2 Å². The summed E-state index contributed by atoms with van der Waals surface area (Å²) in [5.41, 5.74) is 3.56. The molecule has 0 N–H and O–H groups in total. The summed E-state index contributed by atoms with van der Waals surface area (Å²) in [4.78, 5) is 12.1. The molecule has 1 aromatic rings. The number of hydrogen-bond donors (Lipinski definition) is 0. The fourth-order valence-corrected chi connectivity index (χ4v) is 1.99. The van der Waals surface area contributed by atoms with E-state index in [1.807, 2.05) is 19.9 Å². The smallest absolute Gasteiger partial charge is 0.166 e. The Hall–Kier alpha value is -1.15. The van der Waals surface area contributed by atoms with Gasteiger partial charge in [-0.2, -0.15) is 0 Å². The van der Waals surface area contributed by atoms with Crippen molar-refractivity contribution in [3.8, 4) is 0 Å². The average Bonchev–Trinajstić information content (AvgIpc) is 2.24. The molecule has 94 valence electrons. The number of benzene rings is 1. The fraction of sp³-hybridized carbons (Fsp3) is 0.533. The summed E-state index contributed by atoms with van der Waals surface area (Å²) in [5.74, 6) is 0.379. The van der Waals surface area contributed by atoms with E-state index in [4.69, 9.17) is 4.74 Å². The van der Waals surface area contributed by atoms with E-state index < -0.39 is 0 Å². The van der Waals surface area contributed by atoms with Crippen LogP contribution >= 0.6 is 0 Å². The van der Waals surface area contributed by atoms with Crippen LogP contribution in [0.5, 0.6) is 0 Å². The molecular weight excluding hydrogens is 212 g/mol. The van der Waals surface area contributed by atoms with E-state index in [1.54, 1.807) is 7.11 Å². The monoisotopic (exact) mass is 234 g/mol. The summed E-state index contributed by atoms with van der Waals surface area (Å²) in [6.45, 7) is 8.16. The standard InChI is InChI=1S/C15H22O2/c1-10(2)15(17-5)14(16)9-13-7-6-11(3)12(4)8-13/h6-8,10,15H,9H2,1-5H3. The Kier molecular flexibility index (Phi) is 4.88. The van der Waals surface area contributed by atoms with Gasteiger partial charge in [-0.25, -0.2) is 0 Å². The van der Waals surface area contributed by atoms with Gasteiger partial charge in [0.2, 0.25) is 0 Å². The third-order valence-corrected chi connectivity index (χ3v) is 3.13. The molecule has 0 fully saturated rings. The zero-order chi connectivity index (χ0) is 13.0. The van der Waals surface area contributed by atoms with Crippen molar-refractivity contribution in [3.63, 3.8) is 0 Å². The minimum Gasteiger partial charge on any atom is -0.373 e. The van der Waals surface area contributed by atoms with Crippen molar-refractivity contribution in [2.45, 2.75) is 40.2 Å². The lowest BCUT2D eigenvalue weighted by atomic mass is 9.96. The predicted molar refractivity (Wildman–Crippen MR) is 70.3 cm³/mol. The van der Waals surface area contributed by atoms with Crippen molar-refractivity contribution >= 4 is 5.78 Å². The first-order chi connectivity index (χ1) is 7.95. The number of ether oxygens (including phenoxy) is 1. The van der Waals surface area contributed by atoms with Gasteiger partial charge in [0.1, 0.15) is 6.10 Å². The van der Waals surface area contributed by atoms with Crippen LogP contribution < -0.4 is 0 Å². The molecule has 0 saturated carbocycles. The van der Waals surface area contributed by atoms with Gasteiger partial charge >= 0.3 is 0 Å². The summed E-state index contributed by atoms with van der Waals surface area (Å²) in [6.07, 6.45) is 0.161. The maximum atomic E-state index is 12.1. The summed E-state index contributed by atoms with van der Waals surface area (Å²) >= 11 is 0. The molecule has 0 aromatic heterocycles. The largest absolute Gasteiger partial charge is 0.373 e. The first-order valence-corrected chi connectivity index (χ1v) is 6.07. The van der Waals surface area contributed by atoms with E-state index in [9.17, 15) is 4.79 Å². The van der Waals surface area contributed by atoms with Crippen LogP contribution in [-0.4, -0.2) is 19.0 Å². The minimum atomic E-state index is -0.295. The molecule has 0 aliphatic rings. The Morgan fingerprint density at radius 2 is 1.88 bits per heavy atom. The first-order valence-electron chi connectivity index (χ1n) is 6.07. The first kappa shape index (κ1) is 13.9. The number of methoxy groups -OCH3 is 1. The molecule has 0 saturated heterocycles. The van der Waals surface area contributed by atoms with E-state index >= 15 is 0 Å². The fourth-order valence-electron chi connectivity index (χ4n) is 1.99. The maximum absolute atomic E-state index is 12.1. The van der Waals surface area contributed by atoms with Crippen LogP contribution in [-0.2, 0) is 16.0 Å². The van der Waals surface area contributed by atoms with Crippen LogP contribution in [0.4, 0.5) is 0 Å². The molecule has 2 nitrogen and oxygen atoms in total. The van der Waals surface area contributed by atoms with Gasteiger partial charge in [0.05, 0.1) is 0 Å². The number of hydrogen-bond acceptors (Lipinski definition) is 2. The number of rotatable bonds is 5. The molecular formula is C15H22O2. The summed E-state index contributed by atoms with van der Waals surface area (Å²) in [5, 5.41) is 0. The lowest BCUT2D eigenvalue weighted by molar-refractivity contribution is -0.130. The van der Waals surface area contributed by atoms with Crippen LogP contribution in [0.1, 0.15) is 30.5 Å². The lowest BCUT2D eigenvalue weighted by Gasteiger charge is -2.18. The molecule has 17 heavy (non-hydrogen) atoms. The van der Waals surface area contributed by atoms with Crippen molar-refractivity contribution in [1.29, 1.82) is 0 Å². The van der Waals surface area contributed by atoms with Gasteiger partial charge in [0.15, 0.2) is 5.78 Å². The molecule has 1 atom stereocenters. The second kappa shape index (κ2) is 5.97. The summed E-state index contributed by atoms with van der Waals surface area (Å²) < 4.78 is 5.25. The molecule has 0 radical (unpaired) electrons. The molecule has 1 unspecified atom stereocenters. The SMILES string of the molecule is COC(C(=O)Cc1ccc(C)c(C)c1)C(C)C. The molecule has 0 amide bonds. The van der Waals surface area contributed by atoms with E-state index in [0.717, 1.165) is 5.56 Å². The van der Waals surface area contributed by atoms with Gasteiger partial charge in [-0.1, -0.05) is 32.0 Å². The van der Waals surface area contributed by atoms with Crippen molar-refractivity contribution in [2.24, 2.45) is 5.92 Å². The predicted octanol–water partition coefficient (Wildman–Crippen LogP) is 3.09. The van der Waals surface area contributed by atoms with Crippen molar-refractivity contribution in [2.75, 3.05) is 7.11 Å². The highest BCUT2D eigenvalue weighted by Gasteiger charge is 2.21. The Morgan fingerprint density at radius 1 is 1.24 bits per heavy atom. The van der Waals surface area contributed by atoms with Gasteiger partial charge in [0.25, 0.3) is 0 Å². The Labute approximate surface area is 104 Å². The second-order valence-corrected chi connectivity index (χ2v) is 4.96. The van der Waals surface area contributed by atoms with Crippen LogP contribution in [0, 0.1) is 19.8 Å². The van der Waals surface area contributed by atoms with E-state index in [0.29, 0.717) is 6.42 Å². The van der Waals surface area contributed by atoms with Crippen molar-refractivity contribution in [3.05, 3.63) is 34.9 Å². The highest BCUT2D eigenvalue weighted by Crippen LogP contribution is 2.14. The summed E-state index contributed by atoms with van der Waals surface area (Å²) in [7, 11) is 1.60. The van der Waals surface area contributed by atoms with Crippen LogP contribution in [0.2, 0.25) is 0 Å². The van der Waals surface area contributed by atoms with Gasteiger partial charge in [-0.05, 0) is 36.5 Å². The zero-order valence-electron chi connectivity index (χ0n) is 11.4. The van der Waals surface area contributed by atoms with E-state index in [2.05, 4.69) is 26.0 Å². The zero-order valence-corrected chi connectivity index (χ0v) is 11.4. The topological polar surface area (TPSA) is 26.3 Å². The molecule has 0 aliphatic heterocycles. The quantitative estimate of drug-likeness (QED) is 0.782. The minimum absolute atomic E-state index is 0.158. The highest BCUT2D eigenvalue weighted by atomic mass is 16.5. The number of carbonyl (C=O) groups excluding carboxylic acids is 1. The van der Waals surface area contributed by atoms with Crippen molar-refractivity contribution in [1.82, 2.24) is 0 Å². The molecule has 0 bridgehead atoms. The van der Waals surface area contributed by atoms with Crippen molar-refractivity contribution < 1.29 is 9.53 Å². The molecule has 0 heterocycles. The lowest BCUT2D eigenvalue weighted by Crippen LogP contribution is -2.29. The number of carbonyl (C=O) groups is 1. The molecule has 0 aliphatic carbocycles. The maximum Gasteiger partial charge on any atom is 0.166 e. The van der Waals surface area contributed by atoms with Gasteiger partial charge < -0.3 is 4.74 Å². The Bertz CT molecular complexity index is 394. The Balaban J connectivity index is 2.77. The number of Topliss-reactive ketones (excluding diaryl/α,β-unsaturated/α-hetero) is 1. The normalized spacial score (nSPS) is 12.8. The van der Waals surface area contributed by atoms with E-state index in [-0.39, 0.29) is 17.8 Å². The van der Waals surface area contributed by atoms with Crippen LogP contribution in [0.3, 0.4) is 0 Å². The molecule has 1 aromatic carbocycles. The van der Waals surface area contributed by atoms with Gasteiger partial charge in [-0.15, -0.1) is 0 Å². The molecule has 0 spiro atoms. The molecule has 1 rings (SSSR count). The van der Waals surface area contributed by atoms with Gasteiger partial charge in [0, 0.05) is 13.5 Å². The van der Waals surface area contributed by atoms with Gasteiger partial charge in [-0.3, -0.25) is 4.79 Å². The number of ketones is 1.